The lowest BCUT2D eigenvalue weighted by Gasteiger charge is -2.10. The Labute approximate surface area is 108 Å². The van der Waals surface area contributed by atoms with Crippen LogP contribution in [0.3, 0.4) is 0 Å². The van der Waals surface area contributed by atoms with Gasteiger partial charge in [-0.15, -0.1) is 0 Å². The van der Waals surface area contributed by atoms with Crippen molar-refractivity contribution < 1.29 is 0 Å². The zero-order valence-electron chi connectivity index (χ0n) is 9.62. The van der Waals surface area contributed by atoms with Crippen LogP contribution in [0.15, 0.2) is 22.7 Å². The Morgan fingerprint density at radius 3 is 2.65 bits per heavy atom. The van der Waals surface area contributed by atoms with E-state index in [9.17, 15) is 0 Å². The summed E-state index contributed by atoms with van der Waals surface area (Å²) >= 11 is 7.19. The fourth-order valence-electron chi connectivity index (χ4n) is 1.10. The van der Waals surface area contributed by atoms with Gasteiger partial charge in [0.15, 0.2) is 5.16 Å². The first-order valence-electron chi connectivity index (χ1n) is 4.80. The summed E-state index contributed by atoms with van der Waals surface area (Å²) in [5, 5.41) is 1.51. The Hall–Kier alpha value is -1.34. The molecular weight excluding hydrogens is 260 g/mol. The summed E-state index contributed by atoms with van der Waals surface area (Å²) in [6.45, 7) is 0. The summed E-state index contributed by atoms with van der Waals surface area (Å²) in [5.74, 6) is 0.529. The second-order valence-corrected chi connectivity index (χ2v) is 4.78. The lowest BCUT2D eigenvalue weighted by atomic mass is 10.8. The number of halogens is 1. The highest BCUT2D eigenvalue weighted by Gasteiger charge is 2.10. The minimum Gasteiger partial charge on any atom is -0.347 e. The van der Waals surface area contributed by atoms with E-state index in [0.717, 1.165) is 5.16 Å². The predicted octanol–water partition coefficient (Wildman–Crippen LogP) is 1.48. The van der Waals surface area contributed by atoms with E-state index in [2.05, 4.69) is 19.9 Å². The molecule has 0 aliphatic rings. The normalized spacial score (nSPS) is 10.6. The number of nitrogens with zero attached hydrogens (tertiary/aromatic N) is 6. The van der Waals surface area contributed by atoms with Crippen LogP contribution in [0, 0.1) is 0 Å². The first kappa shape index (κ1) is 12.1. The van der Waals surface area contributed by atoms with Crippen LogP contribution in [0.4, 0.5) is 5.95 Å². The highest BCUT2D eigenvalue weighted by Crippen LogP contribution is 2.24. The number of imidazole rings is 1. The molecule has 17 heavy (non-hydrogen) atoms. The maximum atomic E-state index is 5.84. The maximum Gasteiger partial charge on any atom is 0.230 e. The Kier molecular flexibility index (Phi) is 3.49. The Balaban J connectivity index is 2.30. The fourth-order valence-corrected chi connectivity index (χ4v) is 2.05. The monoisotopic (exact) mass is 270 g/mol. The van der Waals surface area contributed by atoms with Gasteiger partial charge >= 0.3 is 0 Å². The van der Waals surface area contributed by atoms with Gasteiger partial charge < -0.3 is 9.47 Å². The van der Waals surface area contributed by atoms with Gasteiger partial charge in [0.25, 0.3) is 0 Å². The number of hydrogen-bond donors (Lipinski definition) is 0. The molecule has 0 aliphatic carbocycles. The largest absolute Gasteiger partial charge is 0.347 e. The number of hydrogen-bond acceptors (Lipinski definition) is 6. The molecule has 6 nitrogen and oxygen atoms in total. The SMILES string of the molecule is CN(C)c1nc(Cl)nc(Sc2nccn2C)n1. The van der Waals surface area contributed by atoms with Crippen LogP contribution in [0.1, 0.15) is 0 Å². The molecule has 0 saturated carbocycles. The lowest BCUT2D eigenvalue weighted by molar-refractivity contribution is 0.782. The Bertz CT molecular complexity index is 526. The summed E-state index contributed by atoms with van der Waals surface area (Å²) in [6.07, 6.45) is 3.58. The number of aryl methyl sites for hydroxylation is 1. The van der Waals surface area contributed by atoms with Crippen molar-refractivity contribution in [2.24, 2.45) is 7.05 Å². The molecule has 0 bridgehead atoms. The molecule has 8 heteroatoms. The van der Waals surface area contributed by atoms with Gasteiger partial charge in [0, 0.05) is 33.5 Å². The van der Waals surface area contributed by atoms with Gasteiger partial charge in [-0.1, -0.05) is 0 Å². The molecule has 0 atom stereocenters. The maximum absolute atomic E-state index is 5.84. The number of rotatable bonds is 3. The van der Waals surface area contributed by atoms with Crippen molar-refractivity contribution in [1.82, 2.24) is 24.5 Å². The van der Waals surface area contributed by atoms with Crippen LogP contribution in [-0.4, -0.2) is 38.6 Å². The number of aromatic nitrogens is 5. The molecule has 2 aromatic heterocycles. The first-order chi connectivity index (χ1) is 8.06. The molecule has 2 rings (SSSR count). The van der Waals surface area contributed by atoms with Gasteiger partial charge in [0.05, 0.1) is 0 Å². The van der Waals surface area contributed by atoms with Crippen LogP contribution in [0.2, 0.25) is 5.28 Å². The molecule has 2 heterocycles. The lowest BCUT2D eigenvalue weighted by Crippen LogP contribution is -2.13. The molecule has 0 fully saturated rings. The van der Waals surface area contributed by atoms with Crippen LogP contribution in [0.25, 0.3) is 0 Å². The van der Waals surface area contributed by atoms with Gasteiger partial charge in [-0.05, 0) is 23.4 Å². The highest BCUT2D eigenvalue weighted by molar-refractivity contribution is 7.99. The average Bonchev–Trinajstić information content (AvgIpc) is 2.63. The zero-order valence-corrected chi connectivity index (χ0v) is 11.2. The van der Waals surface area contributed by atoms with Crippen molar-refractivity contribution in [3.8, 4) is 0 Å². The van der Waals surface area contributed by atoms with E-state index in [1.165, 1.54) is 11.8 Å². The topological polar surface area (TPSA) is 59.7 Å². The molecule has 0 N–H and O–H groups in total. The smallest absolute Gasteiger partial charge is 0.230 e. The molecular formula is C9H11ClN6S. The van der Waals surface area contributed by atoms with Crippen LogP contribution < -0.4 is 4.90 Å². The van der Waals surface area contributed by atoms with E-state index < -0.39 is 0 Å². The fraction of sp³-hybridized carbons (Fsp3) is 0.333. The van der Waals surface area contributed by atoms with Gasteiger partial charge in [-0.25, -0.2) is 4.98 Å². The van der Waals surface area contributed by atoms with Crippen LogP contribution in [-0.2, 0) is 7.05 Å². The van der Waals surface area contributed by atoms with E-state index >= 15 is 0 Å². The van der Waals surface area contributed by atoms with Gasteiger partial charge in [-0.3, -0.25) is 0 Å². The molecule has 0 amide bonds. The second-order valence-electron chi connectivity index (χ2n) is 3.50. The molecule has 0 aromatic carbocycles. The van der Waals surface area contributed by atoms with Crippen molar-refractivity contribution in [3.05, 3.63) is 17.7 Å². The number of anilines is 1. The van der Waals surface area contributed by atoms with Crippen LogP contribution >= 0.6 is 23.4 Å². The average molecular weight is 271 g/mol. The first-order valence-corrected chi connectivity index (χ1v) is 6.00. The summed E-state index contributed by atoms with van der Waals surface area (Å²) in [5.41, 5.74) is 0. The van der Waals surface area contributed by atoms with Crippen molar-refractivity contribution in [2.75, 3.05) is 19.0 Å². The molecule has 0 saturated heterocycles. The van der Waals surface area contributed by atoms with Crippen molar-refractivity contribution in [2.45, 2.75) is 10.3 Å². The van der Waals surface area contributed by atoms with E-state index in [1.54, 1.807) is 11.1 Å². The van der Waals surface area contributed by atoms with Crippen LogP contribution in [0.5, 0.6) is 0 Å². The molecule has 0 aliphatic heterocycles. The van der Waals surface area contributed by atoms with E-state index in [4.69, 9.17) is 11.6 Å². The third-order valence-corrected chi connectivity index (χ3v) is 3.05. The van der Waals surface area contributed by atoms with Crippen molar-refractivity contribution in [1.29, 1.82) is 0 Å². The molecule has 0 unspecified atom stereocenters. The Morgan fingerprint density at radius 1 is 1.29 bits per heavy atom. The third kappa shape index (κ3) is 2.86. The molecule has 90 valence electrons. The molecule has 0 spiro atoms. The summed E-state index contributed by atoms with van der Waals surface area (Å²) in [6, 6.07) is 0. The second kappa shape index (κ2) is 4.89. The van der Waals surface area contributed by atoms with Gasteiger partial charge in [-0.2, -0.15) is 15.0 Å². The standard InChI is InChI=1S/C9H11ClN6S/c1-15(2)7-12-6(10)13-8(14-7)17-9-11-4-5-16(9)3/h4-5H,1-3H3. The predicted molar refractivity (Wildman–Crippen MR) is 66.5 cm³/mol. The highest BCUT2D eigenvalue weighted by atomic mass is 35.5. The quantitative estimate of drug-likeness (QED) is 0.842. The zero-order chi connectivity index (χ0) is 12.4. The Morgan fingerprint density at radius 2 is 2.06 bits per heavy atom. The summed E-state index contributed by atoms with van der Waals surface area (Å²) in [7, 11) is 5.60. The van der Waals surface area contributed by atoms with Gasteiger partial charge in [0.2, 0.25) is 16.4 Å². The van der Waals surface area contributed by atoms with E-state index in [0.29, 0.717) is 11.1 Å². The van der Waals surface area contributed by atoms with Crippen molar-refractivity contribution >= 4 is 29.3 Å². The van der Waals surface area contributed by atoms with Crippen molar-refractivity contribution in [3.63, 3.8) is 0 Å². The minimum absolute atomic E-state index is 0.181. The summed E-state index contributed by atoms with van der Waals surface area (Å²) in [4.78, 5) is 18.3. The molecule has 0 radical (unpaired) electrons. The van der Waals surface area contributed by atoms with E-state index in [1.807, 2.05) is 31.9 Å². The van der Waals surface area contributed by atoms with Gasteiger partial charge in [0.1, 0.15) is 0 Å². The molecule has 2 aromatic rings. The minimum atomic E-state index is 0.181. The summed E-state index contributed by atoms with van der Waals surface area (Å²) < 4.78 is 1.89. The van der Waals surface area contributed by atoms with E-state index in [-0.39, 0.29) is 5.28 Å². The third-order valence-electron chi connectivity index (χ3n) is 1.94.